The summed E-state index contributed by atoms with van der Waals surface area (Å²) in [6, 6.07) is 7.46. The lowest BCUT2D eigenvalue weighted by Crippen LogP contribution is -2.28. The second-order valence-electron chi connectivity index (χ2n) is 4.47. The summed E-state index contributed by atoms with van der Waals surface area (Å²) in [4.78, 5) is 11.9. The van der Waals surface area contributed by atoms with Crippen LogP contribution in [0.4, 0.5) is 0 Å². The Kier molecular flexibility index (Phi) is 4.46. The van der Waals surface area contributed by atoms with Crippen LogP contribution in [-0.2, 0) is 0 Å². The number of alkyl halides is 1. The van der Waals surface area contributed by atoms with Crippen molar-refractivity contribution in [2.45, 2.75) is 24.6 Å². The zero-order valence-corrected chi connectivity index (χ0v) is 11.8. The Morgan fingerprint density at radius 3 is 2.82 bits per heavy atom. The molecule has 0 radical (unpaired) electrons. The van der Waals surface area contributed by atoms with E-state index in [1.807, 2.05) is 24.3 Å². The number of rotatable bonds is 3. The van der Waals surface area contributed by atoms with Crippen molar-refractivity contribution in [3.05, 3.63) is 34.3 Å². The van der Waals surface area contributed by atoms with Crippen LogP contribution in [0.1, 0.15) is 29.6 Å². The first-order chi connectivity index (χ1) is 8.16. The molecule has 0 heterocycles. The fourth-order valence-electron chi connectivity index (χ4n) is 2.18. The zero-order chi connectivity index (χ0) is 12.3. The van der Waals surface area contributed by atoms with Gasteiger partial charge in [-0.25, -0.2) is 0 Å². The summed E-state index contributed by atoms with van der Waals surface area (Å²) in [6.45, 7) is 0.726. The summed E-state index contributed by atoms with van der Waals surface area (Å²) in [6.07, 6.45) is 3.19. The quantitative estimate of drug-likeness (QED) is 0.848. The standard InChI is InChI=1S/C13H15BrClNO/c14-12-4-2-1-3-11(12)13(17)16-8-9-5-6-10(15)7-9/h1-4,9-10H,5-8H2,(H,16,17). The SMILES string of the molecule is O=C(NCC1CCC(Cl)C1)c1ccccc1Br. The van der Waals surface area contributed by atoms with Gasteiger partial charge in [-0.1, -0.05) is 12.1 Å². The molecule has 1 amide bonds. The van der Waals surface area contributed by atoms with Crippen LogP contribution < -0.4 is 5.32 Å². The number of benzene rings is 1. The van der Waals surface area contributed by atoms with E-state index in [1.54, 1.807) is 0 Å². The molecule has 0 saturated heterocycles. The summed E-state index contributed by atoms with van der Waals surface area (Å²) in [5.74, 6) is 0.513. The number of nitrogens with one attached hydrogen (secondary N) is 1. The Hall–Kier alpha value is -0.540. The second-order valence-corrected chi connectivity index (χ2v) is 5.94. The highest BCUT2D eigenvalue weighted by Gasteiger charge is 2.23. The minimum atomic E-state index is -0.0181. The predicted molar refractivity (Wildman–Crippen MR) is 73.5 cm³/mol. The molecular weight excluding hydrogens is 302 g/mol. The third-order valence-corrected chi connectivity index (χ3v) is 4.23. The molecule has 1 aliphatic rings. The summed E-state index contributed by atoms with van der Waals surface area (Å²) < 4.78 is 0.833. The summed E-state index contributed by atoms with van der Waals surface area (Å²) in [7, 11) is 0. The van der Waals surface area contributed by atoms with Gasteiger partial charge < -0.3 is 5.32 Å². The minimum absolute atomic E-state index is 0.0181. The maximum Gasteiger partial charge on any atom is 0.252 e. The minimum Gasteiger partial charge on any atom is -0.352 e. The van der Waals surface area contributed by atoms with E-state index in [0.29, 0.717) is 16.9 Å². The third-order valence-electron chi connectivity index (χ3n) is 3.15. The monoisotopic (exact) mass is 315 g/mol. The van der Waals surface area contributed by atoms with Crippen LogP contribution >= 0.6 is 27.5 Å². The highest BCUT2D eigenvalue weighted by atomic mass is 79.9. The Balaban J connectivity index is 1.88. The molecule has 0 bridgehead atoms. The molecule has 92 valence electrons. The van der Waals surface area contributed by atoms with E-state index in [1.165, 1.54) is 0 Å². The van der Waals surface area contributed by atoms with Crippen LogP contribution in [0.25, 0.3) is 0 Å². The molecule has 2 atom stereocenters. The van der Waals surface area contributed by atoms with Crippen LogP contribution in [0.3, 0.4) is 0 Å². The van der Waals surface area contributed by atoms with Gasteiger partial charge in [-0.15, -0.1) is 11.6 Å². The van der Waals surface area contributed by atoms with Gasteiger partial charge in [0.2, 0.25) is 0 Å². The van der Waals surface area contributed by atoms with Crippen molar-refractivity contribution in [3.63, 3.8) is 0 Å². The Morgan fingerprint density at radius 2 is 2.18 bits per heavy atom. The molecule has 0 spiro atoms. The molecule has 0 aliphatic heterocycles. The van der Waals surface area contributed by atoms with Crippen molar-refractivity contribution in [2.24, 2.45) is 5.92 Å². The number of carbonyl (C=O) groups excluding carboxylic acids is 1. The van der Waals surface area contributed by atoms with Gasteiger partial charge >= 0.3 is 0 Å². The third kappa shape index (κ3) is 3.46. The molecule has 1 N–H and O–H groups in total. The van der Waals surface area contributed by atoms with E-state index >= 15 is 0 Å². The van der Waals surface area contributed by atoms with E-state index < -0.39 is 0 Å². The maximum atomic E-state index is 11.9. The van der Waals surface area contributed by atoms with E-state index in [4.69, 9.17) is 11.6 Å². The van der Waals surface area contributed by atoms with Crippen molar-refractivity contribution in [2.75, 3.05) is 6.54 Å². The lowest BCUT2D eigenvalue weighted by Gasteiger charge is -2.11. The molecule has 2 nitrogen and oxygen atoms in total. The zero-order valence-electron chi connectivity index (χ0n) is 9.46. The Bertz CT molecular complexity index is 410. The number of amides is 1. The fourth-order valence-corrected chi connectivity index (χ4v) is 3.02. The highest BCUT2D eigenvalue weighted by molar-refractivity contribution is 9.10. The fraction of sp³-hybridized carbons (Fsp3) is 0.462. The molecule has 0 aromatic heterocycles. The molecule has 17 heavy (non-hydrogen) atoms. The molecule has 1 saturated carbocycles. The number of halogens is 2. The van der Waals surface area contributed by atoms with Gasteiger partial charge in [0.1, 0.15) is 0 Å². The van der Waals surface area contributed by atoms with E-state index in [9.17, 15) is 4.79 Å². The first-order valence-electron chi connectivity index (χ1n) is 5.83. The highest BCUT2D eigenvalue weighted by Crippen LogP contribution is 2.28. The summed E-state index contributed by atoms with van der Waals surface area (Å²) >= 11 is 9.42. The topological polar surface area (TPSA) is 29.1 Å². The molecule has 1 fully saturated rings. The van der Waals surface area contributed by atoms with E-state index in [-0.39, 0.29) is 5.91 Å². The molecule has 1 aromatic rings. The summed E-state index contributed by atoms with van der Waals surface area (Å²) in [5.41, 5.74) is 0.688. The maximum absolute atomic E-state index is 11.9. The average Bonchev–Trinajstić information content (AvgIpc) is 2.73. The van der Waals surface area contributed by atoms with Gasteiger partial charge in [-0.05, 0) is 53.2 Å². The smallest absolute Gasteiger partial charge is 0.252 e. The lowest BCUT2D eigenvalue weighted by molar-refractivity contribution is 0.0946. The van der Waals surface area contributed by atoms with Gasteiger partial charge in [-0.2, -0.15) is 0 Å². The first-order valence-corrected chi connectivity index (χ1v) is 7.06. The number of carbonyl (C=O) groups is 1. The van der Waals surface area contributed by atoms with Gasteiger partial charge in [0.25, 0.3) is 5.91 Å². The van der Waals surface area contributed by atoms with Gasteiger partial charge in [0.15, 0.2) is 0 Å². The van der Waals surface area contributed by atoms with Crippen molar-refractivity contribution in [3.8, 4) is 0 Å². The average molecular weight is 317 g/mol. The second kappa shape index (κ2) is 5.87. The van der Waals surface area contributed by atoms with Gasteiger partial charge in [-0.3, -0.25) is 4.79 Å². The largest absolute Gasteiger partial charge is 0.352 e. The van der Waals surface area contributed by atoms with Crippen LogP contribution in [0.5, 0.6) is 0 Å². The molecule has 1 aliphatic carbocycles. The van der Waals surface area contributed by atoms with Crippen molar-refractivity contribution < 1.29 is 4.79 Å². The number of hydrogen-bond acceptors (Lipinski definition) is 1. The first kappa shape index (κ1) is 12.9. The van der Waals surface area contributed by atoms with Crippen LogP contribution in [-0.4, -0.2) is 17.8 Å². The normalized spacial score (nSPS) is 23.6. The van der Waals surface area contributed by atoms with E-state index in [2.05, 4.69) is 21.2 Å². The molecular formula is C13H15BrClNO. The van der Waals surface area contributed by atoms with Crippen molar-refractivity contribution >= 4 is 33.4 Å². The van der Waals surface area contributed by atoms with Crippen molar-refractivity contribution in [1.29, 1.82) is 0 Å². The van der Waals surface area contributed by atoms with E-state index in [0.717, 1.165) is 30.3 Å². The Labute approximate surface area is 115 Å². The molecule has 2 rings (SSSR count). The van der Waals surface area contributed by atoms with Gasteiger partial charge in [0, 0.05) is 16.4 Å². The van der Waals surface area contributed by atoms with Gasteiger partial charge in [0.05, 0.1) is 5.56 Å². The van der Waals surface area contributed by atoms with Crippen molar-refractivity contribution in [1.82, 2.24) is 5.32 Å². The number of hydrogen-bond donors (Lipinski definition) is 1. The Morgan fingerprint density at radius 1 is 1.41 bits per heavy atom. The van der Waals surface area contributed by atoms with Crippen LogP contribution in [0, 0.1) is 5.92 Å². The lowest BCUT2D eigenvalue weighted by atomic mass is 10.1. The van der Waals surface area contributed by atoms with Crippen LogP contribution in [0.2, 0.25) is 0 Å². The predicted octanol–water partition coefficient (Wildman–Crippen LogP) is 3.59. The molecule has 2 unspecified atom stereocenters. The summed E-state index contributed by atoms with van der Waals surface area (Å²) in [5, 5.41) is 3.27. The molecule has 4 heteroatoms. The molecule has 1 aromatic carbocycles. The van der Waals surface area contributed by atoms with Crippen LogP contribution in [0.15, 0.2) is 28.7 Å².